The normalized spacial score (nSPS) is 13.8. The lowest BCUT2D eigenvalue weighted by atomic mass is 10.3. The van der Waals surface area contributed by atoms with Crippen molar-refractivity contribution in [2.24, 2.45) is 0 Å². The molecule has 0 N–H and O–H groups in total. The first-order valence-corrected chi connectivity index (χ1v) is 8.33. The molecule has 0 radical (unpaired) electrons. The minimum Gasteiger partial charge on any atom is -0.426 e. The number of rotatable bonds is 7. The number of urea groups is 1. The lowest BCUT2D eigenvalue weighted by molar-refractivity contribution is -0.134. The van der Waals surface area contributed by atoms with Crippen LogP contribution in [0.1, 0.15) is 26.2 Å². The number of nitrogens with zero attached hydrogens (tertiary/aromatic N) is 2. The fraction of sp³-hybridized carbons (Fsp3) is 0.316. The largest absolute Gasteiger partial charge is 0.426 e. The van der Waals surface area contributed by atoms with Crippen molar-refractivity contribution in [3.05, 3.63) is 48.8 Å². The molecule has 7 heteroatoms. The molecule has 7 nitrogen and oxygen atoms in total. The Bertz CT molecular complexity index is 741. The van der Waals surface area contributed by atoms with Gasteiger partial charge in [0.1, 0.15) is 11.5 Å². The van der Waals surface area contributed by atoms with Gasteiger partial charge in [-0.15, -0.1) is 0 Å². The summed E-state index contributed by atoms with van der Waals surface area (Å²) in [6.45, 7) is 5.81. The summed E-state index contributed by atoms with van der Waals surface area (Å²) in [7, 11) is 1.62. The third-order valence-corrected chi connectivity index (χ3v) is 3.69. The number of hydrogen-bond acceptors (Lipinski definition) is 5. The van der Waals surface area contributed by atoms with Crippen molar-refractivity contribution >= 4 is 18.0 Å². The minimum absolute atomic E-state index is 0.0241. The third-order valence-electron chi connectivity index (χ3n) is 3.69. The van der Waals surface area contributed by atoms with Gasteiger partial charge in [0.2, 0.25) is 0 Å². The summed E-state index contributed by atoms with van der Waals surface area (Å²) in [4.78, 5) is 38.4. The summed E-state index contributed by atoms with van der Waals surface area (Å²) in [6.07, 6.45) is 4.32. The predicted octanol–water partition coefficient (Wildman–Crippen LogP) is 3.08. The second-order valence-electron chi connectivity index (χ2n) is 5.77. The van der Waals surface area contributed by atoms with Gasteiger partial charge in [0, 0.05) is 38.0 Å². The lowest BCUT2D eigenvalue weighted by Crippen LogP contribution is -2.41. The van der Waals surface area contributed by atoms with Crippen LogP contribution in [0.15, 0.2) is 48.8 Å². The molecule has 0 fully saturated rings. The zero-order valence-electron chi connectivity index (χ0n) is 14.9. The molecule has 0 atom stereocenters. The van der Waals surface area contributed by atoms with Gasteiger partial charge in [-0.3, -0.25) is 14.5 Å². The third kappa shape index (κ3) is 5.20. The molecular weight excluding hydrogens is 336 g/mol. The quantitative estimate of drug-likeness (QED) is 0.553. The molecule has 0 unspecified atom stereocenters. The van der Waals surface area contributed by atoms with Crippen molar-refractivity contribution in [2.45, 2.75) is 26.2 Å². The molecule has 0 saturated carbocycles. The number of carbonyl (C=O) groups excluding carboxylic acids is 3. The Balaban J connectivity index is 1.88. The average molecular weight is 358 g/mol. The minimum atomic E-state index is -0.490. The van der Waals surface area contributed by atoms with E-state index in [1.807, 2.05) is 6.92 Å². The van der Waals surface area contributed by atoms with E-state index in [9.17, 15) is 14.4 Å². The van der Waals surface area contributed by atoms with Gasteiger partial charge in [0.15, 0.2) is 0 Å². The Kier molecular flexibility index (Phi) is 6.54. The highest BCUT2D eigenvalue weighted by Crippen LogP contribution is 2.21. The zero-order chi connectivity index (χ0) is 19.1. The van der Waals surface area contributed by atoms with E-state index in [-0.39, 0.29) is 30.7 Å². The van der Waals surface area contributed by atoms with Crippen LogP contribution < -0.4 is 9.47 Å². The first kappa shape index (κ1) is 19.2. The number of amides is 2. The second-order valence-corrected chi connectivity index (χ2v) is 5.77. The summed E-state index contributed by atoms with van der Waals surface area (Å²) >= 11 is 0. The Labute approximate surface area is 152 Å². The van der Waals surface area contributed by atoms with Crippen LogP contribution in [0.2, 0.25) is 0 Å². The van der Waals surface area contributed by atoms with Crippen molar-refractivity contribution in [3.8, 4) is 11.5 Å². The van der Waals surface area contributed by atoms with E-state index in [1.165, 1.54) is 15.9 Å². The maximum atomic E-state index is 12.0. The summed E-state index contributed by atoms with van der Waals surface area (Å²) in [6, 6.07) is 6.07. The van der Waals surface area contributed by atoms with Crippen LogP contribution in [-0.4, -0.2) is 41.4 Å². The number of hydrogen-bond donors (Lipinski definition) is 0. The number of allylic oxidation sites excluding steroid dienone is 1. The van der Waals surface area contributed by atoms with Crippen LogP contribution in [0.3, 0.4) is 0 Å². The molecular formula is C19H22N2O5. The molecule has 2 rings (SSSR count). The topological polar surface area (TPSA) is 76.1 Å². The van der Waals surface area contributed by atoms with Gasteiger partial charge in [-0.05, 0) is 24.6 Å². The van der Waals surface area contributed by atoms with E-state index in [0.717, 1.165) is 0 Å². The van der Waals surface area contributed by atoms with Crippen molar-refractivity contribution < 1.29 is 23.9 Å². The van der Waals surface area contributed by atoms with Crippen LogP contribution in [0, 0.1) is 0 Å². The fourth-order valence-electron chi connectivity index (χ4n) is 2.22. The first-order chi connectivity index (χ1) is 12.4. The molecule has 26 heavy (non-hydrogen) atoms. The SMILES string of the molecule is C=C1C=CN(CCC(=O)Oc2cccc(OC(=O)CCC)c2)C(=O)N1C. The summed E-state index contributed by atoms with van der Waals surface area (Å²) < 4.78 is 10.4. The van der Waals surface area contributed by atoms with Gasteiger partial charge < -0.3 is 14.4 Å². The number of esters is 2. The standard InChI is InChI=1S/C19H22N2O5/c1-4-6-17(22)25-15-7-5-8-16(13-15)26-18(23)10-12-21-11-9-14(2)20(3)19(21)24/h5,7-9,11,13H,2,4,6,10,12H2,1,3H3. The van der Waals surface area contributed by atoms with Crippen LogP contribution in [0.5, 0.6) is 11.5 Å². The van der Waals surface area contributed by atoms with E-state index in [2.05, 4.69) is 6.58 Å². The number of carbonyl (C=O) groups is 3. The van der Waals surface area contributed by atoms with E-state index in [1.54, 1.807) is 37.5 Å². The van der Waals surface area contributed by atoms with Crippen molar-refractivity contribution in [2.75, 3.05) is 13.6 Å². The molecule has 0 spiro atoms. The van der Waals surface area contributed by atoms with E-state index < -0.39 is 5.97 Å². The summed E-state index contributed by atoms with van der Waals surface area (Å²) in [5.74, 6) is -0.224. The highest BCUT2D eigenvalue weighted by atomic mass is 16.5. The van der Waals surface area contributed by atoms with Crippen LogP contribution >= 0.6 is 0 Å². The highest BCUT2D eigenvalue weighted by Gasteiger charge is 2.22. The van der Waals surface area contributed by atoms with E-state index >= 15 is 0 Å². The summed E-state index contributed by atoms with van der Waals surface area (Å²) in [5.41, 5.74) is 0.586. The molecule has 1 aliphatic heterocycles. The van der Waals surface area contributed by atoms with Gasteiger partial charge in [-0.2, -0.15) is 0 Å². The number of ether oxygens (including phenoxy) is 2. The van der Waals surface area contributed by atoms with Crippen LogP contribution in [-0.2, 0) is 9.59 Å². The zero-order valence-corrected chi connectivity index (χ0v) is 14.9. The molecule has 2 amide bonds. The maximum absolute atomic E-state index is 12.0. The van der Waals surface area contributed by atoms with Crippen molar-refractivity contribution in [1.82, 2.24) is 9.80 Å². The smallest absolute Gasteiger partial charge is 0.328 e. The summed E-state index contributed by atoms with van der Waals surface area (Å²) in [5, 5.41) is 0. The molecule has 1 heterocycles. The van der Waals surface area contributed by atoms with Gasteiger partial charge in [-0.1, -0.05) is 19.6 Å². The molecule has 0 bridgehead atoms. The van der Waals surface area contributed by atoms with Crippen molar-refractivity contribution in [1.29, 1.82) is 0 Å². The lowest BCUT2D eigenvalue weighted by Gasteiger charge is -2.29. The second kappa shape index (κ2) is 8.84. The van der Waals surface area contributed by atoms with Crippen molar-refractivity contribution in [3.63, 3.8) is 0 Å². The molecule has 0 aromatic heterocycles. The highest BCUT2D eigenvalue weighted by molar-refractivity contribution is 5.80. The Morgan fingerprint density at radius 1 is 1.12 bits per heavy atom. The van der Waals surface area contributed by atoms with Gasteiger partial charge >= 0.3 is 18.0 Å². The average Bonchev–Trinajstić information content (AvgIpc) is 2.59. The molecule has 0 saturated heterocycles. The molecule has 1 aromatic carbocycles. The fourth-order valence-corrected chi connectivity index (χ4v) is 2.22. The van der Waals surface area contributed by atoms with E-state index in [0.29, 0.717) is 24.3 Å². The number of benzene rings is 1. The molecule has 1 aromatic rings. The molecule has 138 valence electrons. The van der Waals surface area contributed by atoms with E-state index in [4.69, 9.17) is 9.47 Å². The van der Waals surface area contributed by atoms with Crippen LogP contribution in [0.4, 0.5) is 4.79 Å². The maximum Gasteiger partial charge on any atom is 0.328 e. The Hall–Kier alpha value is -3.09. The first-order valence-electron chi connectivity index (χ1n) is 8.33. The van der Waals surface area contributed by atoms with Gasteiger partial charge in [0.05, 0.1) is 6.42 Å². The Morgan fingerprint density at radius 2 is 1.73 bits per heavy atom. The predicted molar refractivity (Wildman–Crippen MR) is 95.4 cm³/mol. The number of likely N-dealkylation sites (N-methyl/N-ethyl adjacent to an activating group) is 1. The Morgan fingerprint density at radius 3 is 2.35 bits per heavy atom. The molecule has 1 aliphatic rings. The monoisotopic (exact) mass is 358 g/mol. The molecule has 0 aliphatic carbocycles. The van der Waals surface area contributed by atoms with Gasteiger partial charge in [-0.25, -0.2) is 4.79 Å². The van der Waals surface area contributed by atoms with Crippen LogP contribution in [0.25, 0.3) is 0 Å². The van der Waals surface area contributed by atoms with Gasteiger partial charge in [0.25, 0.3) is 0 Å².